The third-order valence-corrected chi connectivity index (χ3v) is 7.03. The molecule has 0 rings (SSSR count). The van der Waals surface area contributed by atoms with Crippen LogP contribution in [0.3, 0.4) is 0 Å². The van der Waals surface area contributed by atoms with Gasteiger partial charge in [0.2, 0.25) is 0 Å². The fourth-order valence-electron chi connectivity index (χ4n) is 4.73. The Bertz CT molecular complexity index is 379. The maximum Gasteiger partial charge on any atom is 0.306 e. The number of ether oxygens (including phenoxy) is 1. The van der Waals surface area contributed by atoms with Crippen molar-refractivity contribution in [3.8, 4) is 0 Å². The Morgan fingerprint density at radius 2 is 0.788 bits per heavy atom. The first-order valence-electron chi connectivity index (χ1n) is 15.4. The van der Waals surface area contributed by atoms with Crippen molar-refractivity contribution in [3.63, 3.8) is 0 Å². The summed E-state index contributed by atoms with van der Waals surface area (Å²) in [6.45, 7) is 6.62. The molecule has 0 aliphatic rings. The van der Waals surface area contributed by atoms with Gasteiger partial charge in [0.15, 0.2) is 0 Å². The van der Waals surface area contributed by atoms with E-state index in [0.717, 1.165) is 12.8 Å². The van der Waals surface area contributed by atoms with Gasteiger partial charge >= 0.3 is 5.97 Å². The Balaban J connectivity index is 3.27. The summed E-state index contributed by atoms with van der Waals surface area (Å²) in [7, 11) is 0. The Morgan fingerprint density at radius 3 is 1.15 bits per heavy atom. The maximum atomic E-state index is 12.0. The molecule has 0 aromatic rings. The number of hydrogen-bond donors (Lipinski definition) is 0. The molecule has 2 heteroatoms. The van der Waals surface area contributed by atoms with Gasteiger partial charge in [-0.05, 0) is 26.2 Å². The summed E-state index contributed by atoms with van der Waals surface area (Å²) in [5.74, 6) is 0.0214. The second kappa shape index (κ2) is 27.7. The maximum absolute atomic E-state index is 12.0. The minimum absolute atomic E-state index is 0.0214. The minimum Gasteiger partial charge on any atom is -0.463 e. The van der Waals surface area contributed by atoms with Crippen LogP contribution in [0.5, 0.6) is 0 Å². The van der Waals surface area contributed by atoms with Crippen LogP contribution in [0.25, 0.3) is 0 Å². The smallest absolute Gasteiger partial charge is 0.306 e. The van der Waals surface area contributed by atoms with E-state index in [0.29, 0.717) is 6.42 Å². The molecule has 0 aliphatic carbocycles. The molecule has 0 aromatic heterocycles. The zero-order valence-corrected chi connectivity index (χ0v) is 23.3. The van der Waals surface area contributed by atoms with E-state index < -0.39 is 0 Å². The van der Waals surface area contributed by atoms with Gasteiger partial charge in [0, 0.05) is 6.42 Å². The van der Waals surface area contributed by atoms with E-state index in [1.165, 1.54) is 148 Å². The van der Waals surface area contributed by atoms with Crippen molar-refractivity contribution < 1.29 is 9.53 Å². The van der Waals surface area contributed by atoms with Gasteiger partial charge in [0.1, 0.15) is 0 Å². The Kier molecular flexibility index (Phi) is 27.3. The van der Waals surface area contributed by atoms with Gasteiger partial charge in [-0.15, -0.1) is 0 Å². The van der Waals surface area contributed by atoms with Crippen LogP contribution in [0.15, 0.2) is 0 Å². The van der Waals surface area contributed by atoms with Gasteiger partial charge in [-0.1, -0.05) is 155 Å². The van der Waals surface area contributed by atoms with Crippen molar-refractivity contribution >= 4 is 5.97 Å². The monoisotopic (exact) mass is 466 g/mol. The average molecular weight is 467 g/mol. The van der Waals surface area contributed by atoms with Crippen LogP contribution in [0, 0.1) is 0 Å². The van der Waals surface area contributed by atoms with Crippen LogP contribution in [0.2, 0.25) is 0 Å². The van der Waals surface area contributed by atoms with Gasteiger partial charge in [0.05, 0.1) is 6.10 Å². The predicted molar refractivity (Wildman–Crippen MR) is 147 cm³/mol. The molecule has 0 spiro atoms. The third kappa shape index (κ3) is 27.6. The lowest BCUT2D eigenvalue weighted by atomic mass is 10.0. The number of hydrogen-bond acceptors (Lipinski definition) is 2. The van der Waals surface area contributed by atoms with Crippen LogP contribution in [-0.2, 0) is 9.53 Å². The van der Waals surface area contributed by atoms with Crippen LogP contribution in [-0.4, -0.2) is 12.1 Å². The molecule has 0 amide bonds. The molecule has 2 nitrogen and oxygen atoms in total. The lowest BCUT2D eigenvalue weighted by molar-refractivity contribution is -0.148. The lowest BCUT2D eigenvalue weighted by Crippen LogP contribution is -2.14. The van der Waals surface area contributed by atoms with Crippen molar-refractivity contribution in [2.75, 3.05) is 0 Å². The summed E-state index contributed by atoms with van der Waals surface area (Å²) in [4.78, 5) is 12.0. The highest BCUT2D eigenvalue weighted by Gasteiger charge is 2.09. The number of rotatable bonds is 27. The molecule has 0 fully saturated rings. The predicted octanol–water partition coefficient (Wildman–Crippen LogP) is 11.1. The minimum atomic E-state index is 0.0214. The summed E-state index contributed by atoms with van der Waals surface area (Å²) in [5.41, 5.74) is 0. The van der Waals surface area contributed by atoms with Gasteiger partial charge < -0.3 is 4.74 Å². The molecule has 198 valence electrons. The van der Waals surface area contributed by atoms with Gasteiger partial charge in [-0.3, -0.25) is 4.79 Å². The summed E-state index contributed by atoms with van der Waals surface area (Å²) in [6.07, 6.45) is 34.2. The van der Waals surface area contributed by atoms with Gasteiger partial charge in [-0.2, -0.15) is 0 Å². The summed E-state index contributed by atoms with van der Waals surface area (Å²) >= 11 is 0. The van der Waals surface area contributed by atoms with Gasteiger partial charge in [-0.25, -0.2) is 0 Å². The SMILES string of the molecule is CCCCCCCCCCCCCCCCCC(=O)O[C@H](C)CCCCCCCCCCC. The molecule has 0 saturated carbocycles. The highest BCUT2D eigenvalue weighted by molar-refractivity contribution is 5.69. The fourth-order valence-corrected chi connectivity index (χ4v) is 4.73. The molecule has 1 atom stereocenters. The van der Waals surface area contributed by atoms with Crippen LogP contribution in [0.1, 0.15) is 188 Å². The van der Waals surface area contributed by atoms with E-state index in [1.807, 2.05) is 0 Å². The molecule has 0 aliphatic heterocycles. The average Bonchev–Trinajstić information content (AvgIpc) is 2.80. The Labute approximate surface area is 209 Å². The van der Waals surface area contributed by atoms with Crippen molar-refractivity contribution in [1.82, 2.24) is 0 Å². The normalized spacial score (nSPS) is 12.2. The van der Waals surface area contributed by atoms with E-state index in [1.54, 1.807) is 0 Å². The first-order valence-corrected chi connectivity index (χ1v) is 15.4. The van der Waals surface area contributed by atoms with Crippen molar-refractivity contribution in [1.29, 1.82) is 0 Å². The second-order valence-electron chi connectivity index (χ2n) is 10.6. The van der Waals surface area contributed by atoms with Crippen LogP contribution < -0.4 is 0 Å². The highest BCUT2D eigenvalue weighted by Crippen LogP contribution is 2.15. The molecular formula is C31H62O2. The zero-order chi connectivity index (χ0) is 24.2. The Hall–Kier alpha value is -0.530. The second-order valence-corrected chi connectivity index (χ2v) is 10.6. The van der Waals surface area contributed by atoms with Crippen molar-refractivity contribution in [2.24, 2.45) is 0 Å². The first-order chi connectivity index (χ1) is 16.2. The summed E-state index contributed by atoms with van der Waals surface area (Å²) in [5, 5.41) is 0. The van der Waals surface area contributed by atoms with E-state index in [2.05, 4.69) is 20.8 Å². The molecule has 0 N–H and O–H groups in total. The van der Waals surface area contributed by atoms with Crippen molar-refractivity contribution in [3.05, 3.63) is 0 Å². The summed E-state index contributed by atoms with van der Waals surface area (Å²) in [6, 6.07) is 0. The lowest BCUT2D eigenvalue weighted by Gasteiger charge is -2.13. The molecule has 0 saturated heterocycles. The van der Waals surface area contributed by atoms with E-state index in [4.69, 9.17) is 4.74 Å². The quantitative estimate of drug-likeness (QED) is 0.0888. The third-order valence-electron chi connectivity index (χ3n) is 7.03. The molecule has 0 radical (unpaired) electrons. The highest BCUT2D eigenvalue weighted by atomic mass is 16.5. The zero-order valence-electron chi connectivity index (χ0n) is 23.3. The van der Waals surface area contributed by atoms with E-state index in [-0.39, 0.29) is 12.1 Å². The van der Waals surface area contributed by atoms with Gasteiger partial charge in [0.25, 0.3) is 0 Å². The first kappa shape index (κ1) is 32.5. The van der Waals surface area contributed by atoms with E-state index >= 15 is 0 Å². The molecule has 0 aromatic carbocycles. The molecule has 0 heterocycles. The largest absolute Gasteiger partial charge is 0.463 e. The number of esters is 1. The molecule has 0 unspecified atom stereocenters. The standard InChI is InChI=1S/C31H62O2/c1-4-6-8-10-12-14-15-16-17-18-19-21-23-25-27-29-31(32)33-30(3)28-26-24-22-20-13-11-9-7-5-2/h30H,4-29H2,1-3H3/t30-/m1/s1. The van der Waals surface area contributed by atoms with E-state index in [9.17, 15) is 4.79 Å². The molecule has 33 heavy (non-hydrogen) atoms. The fraction of sp³-hybridized carbons (Fsp3) is 0.968. The van der Waals surface area contributed by atoms with Crippen LogP contribution >= 0.6 is 0 Å². The van der Waals surface area contributed by atoms with Crippen molar-refractivity contribution in [2.45, 2.75) is 194 Å². The number of carbonyl (C=O) groups excluding carboxylic acids is 1. The Morgan fingerprint density at radius 1 is 0.485 bits per heavy atom. The topological polar surface area (TPSA) is 26.3 Å². The number of carbonyl (C=O) groups is 1. The number of unbranched alkanes of at least 4 members (excludes halogenated alkanes) is 22. The van der Waals surface area contributed by atoms with Crippen LogP contribution in [0.4, 0.5) is 0 Å². The summed E-state index contributed by atoms with van der Waals surface area (Å²) < 4.78 is 5.60. The molecule has 0 bridgehead atoms. The molecular weight excluding hydrogens is 404 g/mol.